The lowest BCUT2D eigenvalue weighted by molar-refractivity contribution is 0.339. The predicted molar refractivity (Wildman–Crippen MR) is 114 cm³/mol. The van der Waals surface area contributed by atoms with Crippen LogP contribution in [0.4, 0.5) is 0 Å². The third-order valence-electron chi connectivity index (χ3n) is 4.40. The molecule has 0 amide bonds. The first kappa shape index (κ1) is 19.0. The van der Waals surface area contributed by atoms with E-state index in [0.29, 0.717) is 13.2 Å². The number of aromatic nitrogens is 1. The van der Waals surface area contributed by atoms with Gasteiger partial charge in [-0.15, -0.1) is 0 Å². The summed E-state index contributed by atoms with van der Waals surface area (Å²) in [6.45, 7) is 5.23. The normalized spacial score (nSPS) is 15.8. The van der Waals surface area contributed by atoms with Crippen molar-refractivity contribution < 1.29 is 4.74 Å². The van der Waals surface area contributed by atoms with Crippen LogP contribution < -0.4 is 10.5 Å². The van der Waals surface area contributed by atoms with Gasteiger partial charge < -0.3 is 14.9 Å². The molecule has 2 radical (unpaired) electrons. The maximum atomic E-state index is 6.05. The van der Waals surface area contributed by atoms with Crippen LogP contribution in [0.5, 0.6) is 5.75 Å². The number of para-hydroxylation sites is 1. The number of benzene rings is 1. The van der Waals surface area contributed by atoms with Gasteiger partial charge in [0.05, 0.1) is 18.0 Å². The van der Waals surface area contributed by atoms with Gasteiger partial charge in [0.25, 0.3) is 0 Å². The Morgan fingerprint density at radius 3 is 2.74 bits per heavy atom. The first-order valence-electron chi connectivity index (χ1n) is 9.17. The van der Waals surface area contributed by atoms with Crippen LogP contribution in [0.2, 0.25) is 0 Å². The summed E-state index contributed by atoms with van der Waals surface area (Å²) in [5.74, 6) is 0.871. The van der Waals surface area contributed by atoms with Crippen molar-refractivity contribution in [2.75, 3.05) is 13.2 Å². The fraction of sp³-hybridized carbons (Fsp3) is 0.227. The van der Waals surface area contributed by atoms with Crippen LogP contribution in [0, 0.1) is 0 Å². The first-order chi connectivity index (χ1) is 13.1. The van der Waals surface area contributed by atoms with E-state index in [4.69, 9.17) is 23.4 Å². The molecule has 2 aromatic rings. The van der Waals surface area contributed by atoms with Gasteiger partial charge >= 0.3 is 0 Å². The molecule has 1 aromatic carbocycles. The van der Waals surface area contributed by atoms with Crippen molar-refractivity contribution in [2.45, 2.75) is 20.3 Å². The zero-order chi connectivity index (χ0) is 19.2. The molecule has 0 unspecified atom stereocenters. The van der Waals surface area contributed by atoms with Gasteiger partial charge in [0.2, 0.25) is 7.98 Å². The van der Waals surface area contributed by atoms with Crippen LogP contribution in [0.25, 0.3) is 11.6 Å². The van der Waals surface area contributed by atoms with Crippen molar-refractivity contribution in [3.05, 3.63) is 77.3 Å². The standard InChI is InChI=1S/C22H24BN3O/c1-3-27-21-9-5-4-7-17(21)10-11-18-15-16(2)22(25-18)19(12-13-24)20-8-6-14-26(20)23/h4-11,14-15H,3,12-13,24H2,1-2H3. The van der Waals surface area contributed by atoms with E-state index in [1.165, 1.54) is 0 Å². The summed E-state index contributed by atoms with van der Waals surface area (Å²) in [6, 6.07) is 11.9. The van der Waals surface area contributed by atoms with Crippen molar-refractivity contribution in [1.29, 1.82) is 0 Å². The van der Waals surface area contributed by atoms with Crippen molar-refractivity contribution in [3.8, 4) is 5.75 Å². The fourth-order valence-electron chi connectivity index (χ4n) is 3.17. The average molecular weight is 357 g/mol. The molecule has 0 aliphatic carbocycles. The Labute approximate surface area is 162 Å². The molecule has 27 heavy (non-hydrogen) atoms. The Morgan fingerprint density at radius 1 is 1.22 bits per heavy atom. The maximum absolute atomic E-state index is 6.05. The second kappa shape index (κ2) is 8.74. The van der Waals surface area contributed by atoms with E-state index in [1.807, 2.05) is 61.7 Å². The maximum Gasteiger partial charge on any atom is 0.234 e. The van der Waals surface area contributed by atoms with Crippen molar-refractivity contribution in [3.63, 3.8) is 0 Å². The molecule has 1 aromatic heterocycles. The highest BCUT2D eigenvalue weighted by atomic mass is 16.5. The summed E-state index contributed by atoms with van der Waals surface area (Å²) in [5, 5.41) is 0. The number of hydrogen-bond donors (Lipinski definition) is 1. The molecule has 136 valence electrons. The van der Waals surface area contributed by atoms with Gasteiger partial charge in [0.1, 0.15) is 5.75 Å². The van der Waals surface area contributed by atoms with Crippen LogP contribution in [0.15, 0.2) is 71.0 Å². The highest BCUT2D eigenvalue weighted by Gasteiger charge is 2.17. The van der Waals surface area contributed by atoms with E-state index in [-0.39, 0.29) is 0 Å². The first-order valence-corrected chi connectivity index (χ1v) is 9.17. The summed E-state index contributed by atoms with van der Waals surface area (Å²) in [7, 11) is 6.05. The molecule has 1 aliphatic rings. The van der Waals surface area contributed by atoms with Gasteiger partial charge in [-0.05, 0) is 75.0 Å². The molecular weight excluding hydrogens is 333 g/mol. The Kier molecular flexibility index (Phi) is 6.14. The Bertz CT molecular complexity index is 935. The minimum atomic E-state index is 0.541. The largest absolute Gasteiger partial charge is 0.493 e. The molecule has 5 heteroatoms. The lowest BCUT2D eigenvalue weighted by atomic mass is 10.0. The van der Waals surface area contributed by atoms with Gasteiger partial charge in [-0.25, -0.2) is 4.99 Å². The van der Waals surface area contributed by atoms with E-state index >= 15 is 0 Å². The number of nitrogens with zero attached hydrogens (tertiary/aromatic N) is 2. The lowest BCUT2D eigenvalue weighted by Gasteiger charge is -2.11. The highest BCUT2D eigenvalue weighted by molar-refractivity contribution is 6.11. The lowest BCUT2D eigenvalue weighted by Crippen LogP contribution is -2.05. The topological polar surface area (TPSA) is 52.5 Å². The van der Waals surface area contributed by atoms with E-state index in [9.17, 15) is 0 Å². The van der Waals surface area contributed by atoms with Crippen LogP contribution in [0.1, 0.15) is 31.5 Å². The van der Waals surface area contributed by atoms with E-state index in [2.05, 4.69) is 13.0 Å². The molecule has 3 rings (SSSR count). The minimum Gasteiger partial charge on any atom is -0.493 e. The number of aliphatic imine (C=N–C) groups is 1. The molecule has 1 aliphatic heterocycles. The second-order valence-electron chi connectivity index (χ2n) is 6.33. The Hall–Kier alpha value is -2.79. The summed E-state index contributed by atoms with van der Waals surface area (Å²) in [6.07, 6.45) is 8.67. The highest BCUT2D eigenvalue weighted by Crippen LogP contribution is 2.31. The van der Waals surface area contributed by atoms with Gasteiger partial charge in [-0.3, -0.25) is 0 Å². The molecule has 0 atom stereocenters. The van der Waals surface area contributed by atoms with E-state index in [0.717, 1.165) is 46.0 Å². The van der Waals surface area contributed by atoms with Crippen LogP contribution in [-0.2, 0) is 0 Å². The van der Waals surface area contributed by atoms with Gasteiger partial charge in [-0.2, -0.15) is 0 Å². The van der Waals surface area contributed by atoms with E-state index in [1.54, 1.807) is 4.48 Å². The molecule has 2 heterocycles. The number of rotatable bonds is 7. The third kappa shape index (κ3) is 4.31. The molecule has 0 fully saturated rings. The SMILES string of the molecule is [B]n1cccc1C(CCN)=C1N=C(C=Cc2ccccc2OCC)C=C1C. The monoisotopic (exact) mass is 357 g/mol. The van der Waals surface area contributed by atoms with Gasteiger partial charge in [0, 0.05) is 16.8 Å². The average Bonchev–Trinajstić information content (AvgIpc) is 3.25. The number of hydrogen-bond acceptors (Lipinski definition) is 3. The second-order valence-corrected chi connectivity index (χ2v) is 6.33. The predicted octanol–water partition coefficient (Wildman–Crippen LogP) is 3.99. The Balaban J connectivity index is 1.94. The van der Waals surface area contributed by atoms with E-state index < -0.39 is 0 Å². The smallest absolute Gasteiger partial charge is 0.234 e. The molecule has 4 nitrogen and oxygen atoms in total. The third-order valence-corrected chi connectivity index (χ3v) is 4.40. The van der Waals surface area contributed by atoms with Crippen molar-refractivity contribution in [2.24, 2.45) is 10.7 Å². The zero-order valence-electron chi connectivity index (χ0n) is 15.9. The van der Waals surface area contributed by atoms with Gasteiger partial charge in [-0.1, -0.05) is 18.2 Å². The quantitative estimate of drug-likeness (QED) is 0.762. The minimum absolute atomic E-state index is 0.541. The van der Waals surface area contributed by atoms with Gasteiger partial charge in [0.15, 0.2) is 0 Å². The number of allylic oxidation sites excluding steroid dienone is 3. The summed E-state index contributed by atoms with van der Waals surface area (Å²) >= 11 is 0. The number of ether oxygens (including phenoxy) is 1. The summed E-state index contributed by atoms with van der Waals surface area (Å²) < 4.78 is 7.30. The summed E-state index contributed by atoms with van der Waals surface area (Å²) in [4.78, 5) is 4.83. The van der Waals surface area contributed by atoms with Crippen molar-refractivity contribution >= 4 is 25.3 Å². The summed E-state index contributed by atoms with van der Waals surface area (Å²) in [5.41, 5.74) is 11.8. The van der Waals surface area contributed by atoms with Crippen molar-refractivity contribution in [1.82, 2.24) is 4.48 Å². The molecule has 0 spiro atoms. The van der Waals surface area contributed by atoms with Crippen LogP contribution in [0.3, 0.4) is 0 Å². The number of nitrogens with two attached hydrogens (primary N) is 1. The Morgan fingerprint density at radius 2 is 2.04 bits per heavy atom. The zero-order valence-corrected chi connectivity index (χ0v) is 15.9. The molecule has 0 saturated carbocycles. The molecular formula is C22H24BN3O. The fourth-order valence-corrected chi connectivity index (χ4v) is 3.17. The van der Waals surface area contributed by atoms with Crippen LogP contribution >= 0.6 is 0 Å². The molecule has 0 bridgehead atoms. The molecule has 0 saturated heterocycles. The molecule has 2 N–H and O–H groups in total. The van der Waals surface area contributed by atoms with Crippen LogP contribution in [-0.4, -0.2) is 31.3 Å².